The normalized spacial score (nSPS) is 14.5. The average molecular weight is 278 g/mol. The molecule has 1 aromatic rings. The van der Waals surface area contributed by atoms with Gasteiger partial charge in [-0.1, -0.05) is 58.4 Å². The van der Waals surface area contributed by atoms with Gasteiger partial charge in [0, 0.05) is 6.61 Å². The molecule has 2 unspecified atom stereocenters. The Hall–Kier alpha value is -0.860. The molecule has 0 bridgehead atoms. The van der Waals surface area contributed by atoms with Gasteiger partial charge in [0.25, 0.3) is 0 Å². The van der Waals surface area contributed by atoms with E-state index >= 15 is 0 Å². The van der Waals surface area contributed by atoms with Crippen LogP contribution in [0.3, 0.4) is 0 Å². The van der Waals surface area contributed by atoms with Crippen molar-refractivity contribution in [1.29, 1.82) is 0 Å². The Kier molecular flexibility index (Phi) is 7.86. The maximum Gasteiger partial charge on any atom is 0.102 e. The first-order valence-corrected chi connectivity index (χ1v) is 7.87. The van der Waals surface area contributed by atoms with Gasteiger partial charge >= 0.3 is 0 Å². The van der Waals surface area contributed by atoms with Crippen molar-refractivity contribution >= 4 is 0 Å². The van der Waals surface area contributed by atoms with Crippen LogP contribution in [-0.2, 0) is 11.2 Å². The van der Waals surface area contributed by atoms with Crippen LogP contribution in [0.1, 0.15) is 57.8 Å². The Morgan fingerprint density at radius 2 is 1.70 bits per heavy atom. The van der Waals surface area contributed by atoms with Gasteiger partial charge in [-0.15, -0.1) is 0 Å². The minimum Gasteiger partial charge on any atom is -0.386 e. The Labute approximate surface area is 124 Å². The minimum absolute atomic E-state index is 0.386. The molecular weight excluding hydrogens is 248 g/mol. The largest absolute Gasteiger partial charge is 0.386 e. The number of hydrogen-bond donors (Lipinski definition) is 1. The Morgan fingerprint density at radius 3 is 2.25 bits per heavy atom. The van der Waals surface area contributed by atoms with Crippen molar-refractivity contribution in [3.63, 3.8) is 0 Å². The highest BCUT2D eigenvalue weighted by Gasteiger charge is 2.09. The highest BCUT2D eigenvalue weighted by molar-refractivity contribution is 5.24. The molecule has 20 heavy (non-hydrogen) atoms. The van der Waals surface area contributed by atoms with Gasteiger partial charge in [-0.3, -0.25) is 0 Å². The minimum atomic E-state index is -0.517. The van der Waals surface area contributed by atoms with Crippen molar-refractivity contribution in [1.82, 2.24) is 0 Å². The summed E-state index contributed by atoms with van der Waals surface area (Å²) >= 11 is 0. The van der Waals surface area contributed by atoms with E-state index in [0.29, 0.717) is 18.4 Å². The van der Waals surface area contributed by atoms with Crippen LogP contribution in [0, 0.1) is 11.8 Å². The zero-order valence-corrected chi connectivity index (χ0v) is 13.4. The summed E-state index contributed by atoms with van der Waals surface area (Å²) in [6, 6.07) is 8.25. The summed E-state index contributed by atoms with van der Waals surface area (Å²) in [5.74, 6) is 1.23. The van der Waals surface area contributed by atoms with Crippen molar-refractivity contribution < 1.29 is 9.84 Å². The second-order valence-corrected chi connectivity index (χ2v) is 6.29. The molecule has 0 aliphatic carbocycles. The lowest BCUT2D eigenvalue weighted by Crippen LogP contribution is -2.12. The van der Waals surface area contributed by atoms with E-state index in [1.54, 1.807) is 0 Å². The predicted octanol–water partition coefficient (Wildman–Crippen LogP) is 4.37. The summed E-state index contributed by atoms with van der Waals surface area (Å²) in [7, 11) is 0. The van der Waals surface area contributed by atoms with Crippen molar-refractivity contribution in [3.8, 4) is 0 Å². The van der Waals surface area contributed by atoms with Gasteiger partial charge in [0.05, 0.1) is 6.61 Å². The molecule has 2 nitrogen and oxygen atoms in total. The Morgan fingerprint density at radius 1 is 1.05 bits per heavy atom. The molecule has 0 fully saturated rings. The Bertz CT molecular complexity index is 356. The van der Waals surface area contributed by atoms with Crippen LogP contribution in [0.15, 0.2) is 24.3 Å². The number of ether oxygens (including phenoxy) is 1. The van der Waals surface area contributed by atoms with E-state index in [0.717, 1.165) is 18.6 Å². The first-order chi connectivity index (χ1) is 9.52. The van der Waals surface area contributed by atoms with E-state index in [9.17, 15) is 5.11 Å². The van der Waals surface area contributed by atoms with E-state index in [-0.39, 0.29) is 0 Å². The van der Waals surface area contributed by atoms with Gasteiger partial charge in [0.2, 0.25) is 0 Å². The summed E-state index contributed by atoms with van der Waals surface area (Å²) in [6.07, 6.45) is 2.93. The van der Waals surface area contributed by atoms with E-state index in [2.05, 4.69) is 39.8 Å². The molecular formula is C18H30O2. The second kappa shape index (κ2) is 9.15. The maximum atomic E-state index is 10.1. The van der Waals surface area contributed by atoms with Crippen LogP contribution in [0.5, 0.6) is 0 Å². The number of hydrogen-bond acceptors (Lipinski definition) is 2. The molecule has 0 aromatic heterocycles. The van der Waals surface area contributed by atoms with Crippen LogP contribution in [0.2, 0.25) is 0 Å². The summed E-state index contributed by atoms with van der Waals surface area (Å²) in [6.45, 7) is 9.93. The highest BCUT2D eigenvalue weighted by atomic mass is 16.5. The highest BCUT2D eigenvalue weighted by Crippen LogP contribution is 2.17. The van der Waals surface area contributed by atoms with E-state index in [4.69, 9.17) is 4.74 Å². The molecule has 1 N–H and O–H groups in total. The molecule has 0 heterocycles. The third-order valence-corrected chi connectivity index (χ3v) is 3.47. The molecule has 2 atom stereocenters. The summed E-state index contributed by atoms with van der Waals surface area (Å²) < 4.78 is 5.61. The van der Waals surface area contributed by atoms with Crippen LogP contribution >= 0.6 is 0 Å². The molecule has 0 amide bonds. The number of benzene rings is 1. The summed E-state index contributed by atoms with van der Waals surface area (Å²) in [4.78, 5) is 0. The lowest BCUT2D eigenvalue weighted by Gasteiger charge is -2.15. The predicted molar refractivity (Wildman–Crippen MR) is 84.8 cm³/mol. The fraction of sp³-hybridized carbons (Fsp3) is 0.667. The van der Waals surface area contributed by atoms with Crippen molar-refractivity contribution in [2.75, 3.05) is 13.2 Å². The second-order valence-electron chi connectivity index (χ2n) is 6.29. The van der Waals surface area contributed by atoms with Gasteiger partial charge < -0.3 is 9.84 Å². The smallest absolute Gasteiger partial charge is 0.102 e. The number of aliphatic hydroxyl groups excluding tert-OH is 1. The average Bonchev–Trinajstić information content (AvgIpc) is 2.39. The lowest BCUT2D eigenvalue weighted by molar-refractivity contribution is 0.0215. The monoisotopic (exact) mass is 278 g/mol. The fourth-order valence-electron chi connectivity index (χ4n) is 2.40. The summed E-state index contributed by atoms with van der Waals surface area (Å²) in [5, 5.41) is 10.1. The van der Waals surface area contributed by atoms with E-state index in [1.807, 2.05) is 12.1 Å². The molecule has 1 aromatic carbocycles. The zero-order chi connectivity index (χ0) is 15.0. The van der Waals surface area contributed by atoms with Crippen LogP contribution in [0.4, 0.5) is 0 Å². The van der Waals surface area contributed by atoms with E-state index < -0.39 is 6.10 Å². The molecule has 0 aliphatic heterocycles. The van der Waals surface area contributed by atoms with E-state index in [1.165, 1.54) is 18.4 Å². The topological polar surface area (TPSA) is 29.5 Å². The summed E-state index contributed by atoms with van der Waals surface area (Å²) in [5.41, 5.74) is 2.27. The molecule has 0 spiro atoms. The van der Waals surface area contributed by atoms with Gasteiger partial charge in [0.1, 0.15) is 6.10 Å². The van der Waals surface area contributed by atoms with Crippen LogP contribution in [0.25, 0.3) is 0 Å². The molecule has 114 valence electrons. The third kappa shape index (κ3) is 6.53. The number of aliphatic hydroxyl groups is 1. The van der Waals surface area contributed by atoms with Crippen molar-refractivity contribution in [2.45, 2.75) is 53.1 Å². The standard InChI is InChI=1S/C18H30O2/c1-5-6-15(4)12-20-13-18(19)17-9-7-16(8-10-17)11-14(2)3/h7-10,14-15,18-19H,5-6,11-13H2,1-4H3. The van der Waals surface area contributed by atoms with Gasteiger partial charge in [0.15, 0.2) is 0 Å². The van der Waals surface area contributed by atoms with Crippen molar-refractivity contribution in [2.24, 2.45) is 11.8 Å². The van der Waals surface area contributed by atoms with Crippen LogP contribution < -0.4 is 0 Å². The number of rotatable bonds is 9. The zero-order valence-electron chi connectivity index (χ0n) is 13.4. The van der Waals surface area contributed by atoms with Gasteiger partial charge in [-0.2, -0.15) is 0 Å². The molecule has 0 saturated carbocycles. The molecule has 0 saturated heterocycles. The molecule has 2 heteroatoms. The molecule has 1 rings (SSSR count). The van der Waals surface area contributed by atoms with Gasteiger partial charge in [-0.25, -0.2) is 0 Å². The van der Waals surface area contributed by atoms with Crippen LogP contribution in [-0.4, -0.2) is 18.3 Å². The first-order valence-electron chi connectivity index (χ1n) is 7.87. The quantitative estimate of drug-likeness (QED) is 0.726. The third-order valence-electron chi connectivity index (χ3n) is 3.47. The first kappa shape index (κ1) is 17.2. The van der Waals surface area contributed by atoms with Crippen molar-refractivity contribution in [3.05, 3.63) is 35.4 Å². The SMILES string of the molecule is CCCC(C)COCC(O)c1ccc(CC(C)C)cc1. The Balaban J connectivity index is 2.37. The maximum absolute atomic E-state index is 10.1. The fourth-order valence-corrected chi connectivity index (χ4v) is 2.40. The lowest BCUT2D eigenvalue weighted by atomic mass is 10.0. The molecule has 0 radical (unpaired) electrons. The van der Waals surface area contributed by atoms with Gasteiger partial charge in [-0.05, 0) is 35.8 Å². The molecule has 0 aliphatic rings.